The van der Waals surface area contributed by atoms with E-state index in [0.29, 0.717) is 0 Å². The minimum Gasteiger partial charge on any atom is -0.377 e. The molecule has 1 saturated carbocycles. The van der Waals surface area contributed by atoms with E-state index < -0.39 is 48.0 Å². The van der Waals surface area contributed by atoms with Crippen LogP contribution in [0.4, 0.5) is 35.1 Å². The molecule has 0 unspecified atom stereocenters. The second-order valence-corrected chi connectivity index (χ2v) is 5.08. The third-order valence-electron chi connectivity index (χ3n) is 3.27. The summed E-state index contributed by atoms with van der Waals surface area (Å²) >= 11 is 5.43. The molecule has 1 aliphatic rings. The van der Waals surface area contributed by atoms with Crippen LogP contribution in [-0.4, -0.2) is 41.8 Å². The molecule has 1 aliphatic carbocycles. The van der Waals surface area contributed by atoms with E-state index in [0.717, 1.165) is 0 Å². The Morgan fingerprint density at radius 1 is 1.00 bits per heavy atom. The van der Waals surface area contributed by atoms with E-state index in [2.05, 4.69) is 4.74 Å². The SMILES string of the molecule is CCO[C@@H]1C[C@](F)(C(F)(F)F)[C@@](F)(C(F)(F)F)C[C@H]1Cl. The lowest BCUT2D eigenvalue weighted by molar-refractivity contribution is -0.359. The molecule has 20 heavy (non-hydrogen) atoms. The number of rotatable bonds is 2. The molecule has 1 rings (SSSR count). The highest BCUT2D eigenvalue weighted by atomic mass is 35.5. The Morgan fingerprint density at radius 3 is 1.75 bits per heavy atom. The van der Waals surface area contributed by atoms with Crippen LogP contribution >= 0.6 is 11.6 Å². The molecule has 1 fully saturated rings. The molecule has 0 aromatic heterocycles. The van der Waals surface area contributed by atoms with Crippen LogP contribution in [0.15, 0.2) is 0 Å². The van der Waals surface area contributed by atoms with Gasteiger partial charge in [0.1, 0.15) is 0 Å². The van der Waals surface area contributed by atoms with E-state index in [-0.39, 0.29) is 6.61 Å². The van der Waals surface area contributed by atoms with Gasteiger partial charge in [0, 0.05) is 19.4 Å². The molecule has 0 spiro atoms. The maximum Gasteiger partial charge on any atom is 0.426 e. The summed E-state index contributed by atoms with van der Waals surface area (Å²) in [5, 5.41) is -1.72. The predicted molar refractivity (Wildman–Crippen MR) is 54.1 cm³/mol. The highest BCUT2D eigenvalue weighted by Gasteiger charge is 2.81. The zero-order valence-corrected chi connectivity index (χ0v) is 10.8. The second-order valence-electron chi connectivity index (χ2n) is 4.52. The lowest BCUT2D eigenvalue weighted by atomic mass is 9.71. The quantitative estimate of drug-likeness (QED) is 0.539. The van der Waals surface area contributed by atoms with Gasteiger partial charge in [-0.2, -0.15) is 26.3 Å². The zero-order valence-electron chi connectivity index (χ0n) is 10.1. The normalized spacial score (nSPS) is 39.9. The fraction of sp³-hybridized carbons (Fsp3) is 1.00. The van der Waals surface area contributed by atoms with Gasteiger partial charge in [-0.25, -0.2) is 8.78 Å². The van der Waals surface area contributed by atoms with Crippen molar-refractivity contribution in [2.75, 3.05) is 6.61 Å². The average molecular weight is 335 g/mol. The third-order valence-corrected chi connectivity index (χ3v) is 3.71. The monoisotopic (exact) mass is 334 g/mol. The molecule has 0 aromatic rings. The van der Waals surface area contributed by atoms with Crippen molar-refractivity contribution in [3.63, 3.8) is 0 Å². The minimum atomic E-state index is -6.04. The lowest BCUT2D eigenvalue weighted by Gasteiger charge is -2.48. The first kappa shape index (κ1) is 17.7. The van der Waals surface area contributed by atoms with Crippen molar-refractivity contribution in [3.05, 3.63) is 0 Å². The average Bonchev–Trinajstić information content (AvgIpc) is 2.23. The van der Waals surface area contributed by atoms with E-state index in [1.807, 2.05) is 0 Å². The molecular weight excluding hydrogens is 324 g/mol. The van der Waals surface area contributed by atoms with Gasteiger partial charge in [0.05, 0.1) is 11.5 Å². The molecule has 0 amide bonds. The maximum absolute atomic E-state index is 14.0. The molecule has 10 heteroatoms. The third kappa shape index (κ3) is 2.58. The predicted octanol–water partition coefficient (Wildman–Crippen LogP) is 4.33. The van der Waals surface area contributed by atoms with Gasteiger partial charge >= 0.3 is 12.4 Å². The van der Waals surface area contributed by atoms with Crippen LogP contribution in [0.2, 0.25) is 0 Å². The Morgan fingerprint density at radius 2 is 1.40 bits per heavy atom. The smallest absolute Gasteiger partial charge is 0.377 e. The molecule has 0 N–H and O–H groups in total. The Kier molecular flexibility index (Phi) is 4.57. The summed E-state index contributed by atoms with van der Waals surface area (Å²) in [5.41, 5.74) is -10.2. The van der Waals surface area contributed by atoms with Gasteiger partial charge in [-0.1, -0.05) is 0 Å². The van der Waals surface area contributed by atoms with E-state index >= 15 is 0 Å². The number of hydrogen-bond acceptors (Lipinski definition) is 1. The Balaban J connectivity index is 3.30. The summed E-state index contributed by atoms with van der Waals surface area (Å²) < 4.78 is 109. The van der Waals surface area contributed by atoms with Crippen molar-refractivity contribution in [3.8, 4) is 0 Å². The number of ether oxygens (including phenoxy) is 1. The molecule has 0 heterocycles. The van der Waals surface area contributed by atoms with Crippen molar-refractivity contribution in [1.82, 2.24) is 0 Å². The van der Waals surface area contributed by atoms with Crippen molar-refractivity contribution in [2.45, 2.75) is 54.9 Å². The van der Waals surface area contributed by atoms with Crippen LogP contribution in [0.3, 0.4) is 0 Å². The molecule has 0 aliphatic heterocycles. The Hall–Kier alpha value is -0.310. The second kappa shape index (κ2) is 5.15. The van der Waals surface area contributed by atoms with Crippen LogP contribution in [-0.2, 0) is 4.74 Å². The van der Waals surface area contributed by atoms with Gasteiger partial charge in [0.2, 0.25) is 5.67 Å². The first-order valence-electron chi connectivity index (χ1n) is 5.57. The topological polar surface area (TPSA) is 9.23 Å². The largest absolute Gasteiger partial charge is 0.426 e. The Labute approximate surface area is 114 Å². The number of hydrogen-bond donors (Lipinski definition) is 0. The van der Waals surface area contributed by atoms with Gasteiger partial charge < -0.3 is 4.74 Å². The van der Waals surface area contributed by atoms with Crippen LogP contribution in [0.5, 0.6) is 0 Å². The van der Waals surface area contributed by atoms with Gasteiger partial charge in [-0.15, -0.1) is 11.6 Å². The molecule has 4 atom stereocenters. The molecule has 120 valence electrons. The zero-order chi connectivity index (χ0) is 16.0. The van der Waals surface area contributed by atoms with Crippen LogP contribution in [0.25, 0.3) is 0 Å². The van der Waals surface area contributed by atoms with Crippen molar-refractivity contribution in [2.24, 2.45) is 0 Å². The van der Waals surface area contributed by atoms with Crippen LogP contribution in [0.1, 0.15) is 19.8 Å². The highest BCUT2D eigenvalue weighted by molar-refractivity contribution is 6.21. The molecular formula is C10H11ClF8O. The van der Waals surface area contributed by atoms with E-state index in [9.17, 15) is 35.1 Å². The van der Waals surface area contributed by atoms with E-state index in [1.54, 1.807) is 0 Å². The van der Waals surface area contributed by atoms with Gasteiger partial charge in [-0.05, 0) is 6.92 Å². The summed E-state index contributed by atoms with van der Waals surface area (Å²) in [5.74, 6) is 0. The fourth-order valence-electron chi connectivity index (χ4n) is 2.19. The van der Waals surface area contributed by atoms with Gasteiger partial charge in [0.15, 0.2) is 0 Å². The summed E-state index contributed by atoms with van der Waals surface area (Å²) in [6.07, 6.45) is -17.4. The molecule has 0 aromatic carbocycles. The van der Waals surface area contributed by atoms with E-state index in [1.165, 1.54) is 6.92 Å². The van der Waals surface area contributed by atoms with Crippen molar-refractivity contribution >= 4 is 11.6 Å². The van der Waals surface area contributed by atoms with Crippen molar-refractivity contribution in [1.29, 1.82) is 0 Å². The van der Waals surface area contributed by atoms with Crippen LogP contribution in [0, 0.1) is 0 Å². The minimum absolute atomic E-state index is 0.187. The standard InChI is InChI=1S/C10H11ClF8O/c1-2-20-6-4-8(13,10(17,18)19)7(12,3-5(6)11)9(14,15)16/h5-6H,2-4H2,1H3/t5-,6-,7-,8-/m1/s1. The van der Waals surface area contributed by atoms with E-state index in [4.69, 9.17) is 11.6 Å². The molecule has 0 saturated heterocycles. The number of alkyl halides is 9. The summed E-state index contributed by atoms with van der Waals surface area (Å²) in [6, 6.07) is 0. The summed E-state index contributed by atoms with van der Waals surface area (Å²) in [6.45, 7) is 1.16. The van der Waals surface area contributed by atoms with Gasteiger partial charge in [-0.3, -0.25) is 0 Å². The molecule has 0 radical (unpaired) electrons. The summed E-state index contributed by atoms with van der Waals surface area (Å²) in [4.78, 5) is 0. The fourth-order valence-corrected chi connectivity index (χ4v) is 2.56. The van der Waals surface area contributed by atoms with Gasteiger partial charge in [0.25, 0.3) is 5.67 Å². The first-order valence-corrected chi connectivity index (χ1v) is 6.00. The highest BCUT2D eigenvalue weighted by Crippen LogP contribution is 2.59. The first-order chi connectivity index (χ1) is 8.80. The molecule has 1 nitrogen and oxygen atoms in total. The van der Waals surface area contributed by atoms with Crippen LogP contribution < -0.4 is 0 Å². The summed E-state index contributed by atoms with van der Waals surface area (Å²) in [7, 11) is 0. The molecule has 0 bridgehead atoms. The maximum atomic E-state index is 14.0. The lowest BCUT2D eigenvalue weighted by Crippen LogP contribution is -2.69. The Bertz CT molecular complexity index is 356. The van der Waals surface area contributed by atoms with Crippen molar-refractivity contribution < 1.29 is 39.9 Å². The number of halogens is 9.